The highest BCUT2D eigenvalue weighted by Crippen LogP contribution is 2.41. The summed E-state index contributed by atoms with van der Waals surface area (Å²) in [5.74, 6) is 1.04. The van der Waals surface area contributed by atoms with E-state index >= 15 is 0 Å². The smallest absolute Gasteiger partial charge is 0.291 e. The highest BCUT2D eigenvalue weighted by Gasteiger charge is 2.44. The van der Waals surface area contributed by atoms with E-state index in [9.17, 15) is 9.59 Å². The van der Waals surface area contributed by atoms with Crippen molar-refractivity contribution in [2.45, 2.75) is 52.7 Å². The second-order valence-corrected chi connectivity index (χ2v) is 9.17. The lowest BCUT2D eigenvalue weighted by Gasteiger charge is -2.28. The first-order valence-corrected chi connectivity index (χ1v) is 12.3. The number of carbonyl (C=O) groups is 1. The molecule has 0 aliphatic carbocycles. The third-order valence-electron chi connectivity index (χ3n) is 6.89. The first kappa shape index (κ1) is 23.4. The lowest BCUT2D eigenvalue weighted by Crippen LogP contribution is -2.36. The number of carbonyl (C=O) groups excluding carboxylic acids is 1. The molecule has 0 bridgehead atoms. The summed E-state index contributed by atoms with van der Waals surface area (Å²) >= 11 is 0. The van der Waals surface area contributed by atoms with E-state index in [1.54, 1.807) is 4.90 Å². The van der Waals surface area contributed by atoms with Crippen molar-refractivity contribution >= 4 is 16.9 Å². The Balaban J connectivity index is 1.70. The van der Waals surface area contributed by atoms with Crippen LogP contribution in [0.2, 0.25) is 0 Å². The summed E-state index contributed by atoms with van der Waals surface area (Å²) in [6, 6.07) is 8.69. The van der Waals surface area contributed by atoms with Gasteiger partial charge in [-0.15, -0.1) is 0 Å². The Morgan fingerprint density at radius 3 is 2.46 bits per heavy atom. The van der Waals surface area contributed by atoms with Crippen molar-refractivity contribution in [1.82, 2.24) is 4.90 Å². The van der Waals surface area contributed by atoms with Gasteiger partial charge in [-0.05, 0) is 81.5 Å². The molecule has 5 rings (SSSR count). The van der Waals surface area contributed by atoms with Gasteiger partial charge in [0, 0.05) is 13.2 Å². The highest BCUT2D eigenvalue weighted by molar-refractivity contribution is 5.99. The van der Waals surface area contributed by atoms with E-state index in [1.165, 1.54) is 0 Å². The van der Waals surface area contributed by atoms with Crippen molar-refractivity contribution in [2.75, 3.05) is 26.4 Å². The molecule has 0 spiro atoms. The van der Waals surface area contributed by atoms with Gasteiger partial charge in [0.05, 0.1) is 36.3 Å². The number of fused-ring (bicyclic) bond motifs is 2. The standard InChI is InChI=1S/C28H31NO6/c1-5-32-21-10-9-18(14-23(21)33-6-2)25-24-26(30)20-12-16(3)17(4)13-22(20)35-27(24)28(31)29(25)15-19-8-7-11-34-19/h9-10,12-14,19,25H,5-8,11,15H2,1-4H3. The van der Waals surface area contributed by atoms with Gasteiger partial charge in [0.1, 0.15) is 5.58 Å². The fraction of sp³-hybridized carbons (Fsp3) is 0.429. The number of hydrogen-bond acceptors (Lipinski definition) is 6. The number of hydrogen-bond donors (Lipinski definition) is 0. The minimum atomic E-state index is -0.598. The van der Waals surface area contributed by atoms with Crippen molar-refractivity contribution in [3.8, 4) is 11.5 Å². The third-order valence-corrected chi connectivity index (χ3v) is 6.89. The molecule has 2 unspecified atom stereocenters. The van der Waals surface area contributed by atoms with Crippen molar-refractivity contribution in [1.29, 1.82) is 0 Å². The third kappa shape index (κ3) is 4.08. The van der Waals surface area contributed by atoms with Gasteiger partial charge in [-0.25, -0.2) is 0 Å². The predicted molar refractivity (Wildman–Crippen MR) is 133 cm³/mol. The number of nitrogens with zero attached hydrogens (tertiary/aromatic N) is 1. The molecule has 1 amide bonds. The van der Waals surface area contributed by atoms with Gasteiger partial charge in [-0.2, -0.15) is 0 Å². The lowest BCUT2D eigenvalue weighted by molar-refractivity contribution is 0.0486. The highest BCUT2D eigenvalue weighted by atomic mass is 16.5. The molecule has 7 heteroatoms. The largest absolute Gasteiger partial charge is 0.490 e. The summed E-state index contributed by atoms with van der Waals surface area (Å²) in [5, 5.41) is 0.486. The molecular weight excluding hydrogens is 446 g/mol. The van der Waals surface area contributed by atoms with E-state index < -0.39 is 6.04 Å². The number of rotatable bonds is 7. The Morgan fingerprint density at radius 1 is 1.00 bits per heavy atom. The SMILES string of the molecule is CCOc1ccc(C2c3c(oc4cc(C)c(C)cc4c3=O)C(=O)N2CC2CCCO2)cc1OCC. The van der Waals surface area contributed by atoms with Crippen LogP contribution in [0.5, 0.6) is 11.5 Å². The van der Waals surface area contributed by atoms with Crippen LogP contribution in [0.25, 0.3) is 11.0 Å². The minimum absolute atomic E-state index is 0.0705. The van der Waals surface area contributed by atoms with Gasteiger partial charge in [0.15, 0.2) is 16.9 Å². The molecule has 1 saturated heterocycles. The zero-order valence-corrected chi connectivity index (χ0v) is 20.7. The molecular formula is C28H31NO6. The van der Waals surface area contributed by atoms with Crippen LogP contribution in [0.1, 0.15) is 65.5 Å². The van der Waals surface area contributed by atoms with E-state index in [-0.39, 0.29) is 23.2 Å². The predicted octanol–water partition coefficient (Wildman–Crippen LogP) is 4.93. The summed E-state index contributed by atoms with van der Waals surface area (Å²) in [7, 11) is 0. The Labute approximate surface area is 204 Å². The summed E-state index contributed by atoms with van der Waals surface area (Å²) in [4.78, 5) is 29.2. The number of aryl methyl sites for hydroxylation is 2. The fourth-order valence-corrected chi connectivity index (χ4v) is 5.06. The number of amides is 1. The first-order chi connectivity index (χ1) is 16.9. The van der Waals surface area contributed by atoms with Gasteiger partial charge in [-0.1, -0.05) is 6.07 Å². The van der Waals surface area contributed by atoms with Crippen LogP contribution < -0.4 is 14.9 Å². The second-order valence-electron chi connectivity index (χ2n) is 9.17. The van der Waals surface area contributed by atoms with Gasteiger partial charge in [-0.3, -0.25) is 9.59 Å². The normalized spacial score (nSPS) is 19.4. The maximum Gasteiger partial charge on any atom is 0.291 e. The van der Waals surface area contributed by atoms with Crippen LogP contribution in [0.3, 0.4) is 0 Å². The molecule has 184 valence electrons. The van der Waals surface area contributed by atoms with Crippen LogP contribution in [-0.4, -0.2) is 43.3 Å². The zero-order valence-electron chi connectivity index (χ0n) is 20.7. The Hall–Kier alpha value is -3.32. The Morgan fingerprint density at radius 2 is 1.74 bits per heavy atom. The summed E-state index contributed by atoms with van der Waals surface area (Å²) in [6.45, 7) is 9.79. The summed E-state index contributed by atoms with van der Waals surface area (Å²) < 4.78 is 23.6. The van der Waals surface area contributed by atoms with E-state index in [1.807, 2.05) is 58.0 Å². The van der Waals surface area contributed by atoms with Crippen LogP contribution in [-0.2, 0) is 4.74 Å². The number of ether oxygens (including phenoxy) is 3. The van der Waals surface area contributed by atoms with Crippen LogP contribution in [0, 0.1) is 13.8 Å². The molecule has 0 radical (unpaired) electrons. The van der Waals surface area contributed by atoms with E-state index in [4.69, 9.17) is 18.6 Å². The molecule has 2 aliphatic rings. The molecule has 3 heterocycles. The molecule has 1 fully saturated rings. The Kier molecular flexibility index (Phi) is 6.28. The maximum absolute atomic E-state index is 13.8. The molecule has 7 nitrogen and oxygen atoms in total. The zero-order chi connectivity index (χ0) is 24.7. The van der Waals surface area contributed by atoms with Crippen molar-refractivity contribution in [3.05, 3.63) is 68.6 Å². The molecule has 0 N–H and O–H groups in total. The quantitative estimate of drug-likeness (QED) is 0.480. The fourth-order valence-electron chi connectivity index (χ4n) is 5.06. The van der Waals surface area contributed by atoms with Crippen LogP contribution >= 0.6 is 0 Å². The molecule has 2 atom stereocenters. The van der Waals surface area contributed by atoms with Crippen molar-refractivity contribution in [2.24, 2.45) is 0 Å². The summed E-state index contributed by atoms with van der Waals surface area (Å²) in [5.41, 5.74) is 3.41. The van der Waals surface area contributed by atoms with Crippen molar-refractivity contribution < 1.29 is 23.4 Å². The topological polar surface area (TPSA) is 78.2 Å². The Bertz CT molecular complexity index is 1340. The van der Waals surface area contributed by atoms with Gasteiger partial charge in [0.25, 0.3) is 5.91 Å². The average Bonchev–Trinajstić information content (AvgIpc) is 3.44. The maximum atomic E-state index is 13.8. The van der Waals surface area contributed by atoms with Gasteiger partial charge < -0.3 is 23.5 Å². The molecule has 2 aliphatic heterocycles. The lowest BCUT2D eigenvalue weighted by atomic mass is 9.97. The summed E-state index contributed by atoms with van der Waals surface area (Å²) in [6.07, 6.45) is 1.77. The van der Waals surface area contributed by atoms with E-state index in [0.717, 1.165) is 29.5 Å². The molecule has 1 aromatic heterocycles. The van der Waals surface area contributed by atoms with Gasteiger partial charge >= 0.3 is 0 Å². The molecule has 2 aromatic carbocycles. The van der Waals surface area contributed by atoms with E-state index in [2.05, 4.69) is 0 Å². The van der Waals surface area contributed by atoms with Gasteiger partial charge in [0.2, 0.25) is 5.76 Å². The molecule has 35 heavy (non-hydrogen) atoms. The second kappa shape index (κ2) is 9.38. The molecule has 3 aromatic rings. The first-order valence-electron chi connectivity index (χ1n) is 12.3. The van der Waals surface area contributed by atoms with E-state index in [0.29, 0.717) is 54.4 Å². The average molecular weight is 478 g/mol. The number of benzene rings is 2. The van der Waals surface area contributed by atoms with Crippen molar-refractivity contribution in [3.63, 3.8) is 0 Å². The monoisotopic (exact) mass is 477 g/mol. The van der Waals surface area contributed by atoms with Crippen LogP contribution in [0.4, 0.5) is 0 Å². The minimum Gasteiger partial charge on any atom is -0.490 e. The molecule has 0 saturated carbocycles. The van der Waals surface area contributed by atoms with Crippen LogP contribution in [0.15, 0.2) is 39.5 Å².